The SMILES string of the molecule is CN(C)C(=O)C1CN=C(c2cc(Oc3cccc(/C=C/C(=O)Nc4ccc(F)c(C(F)(F)F)c4)c3)ccn2)N1. The molecule has 2 aromatic carbocycles. The molecule has 1 atom stereocenters. The van der Waals surface area contributed by atoms with Gasteiger partial charge in [0.1, 0.15) is 34.9 Å². The lowest BCUT2D eigenvalue weighted by Gasteiger charge is -2.16. The molecule has 4 rings (SSSR count). The van der Waals surface area contributed by atoms with E-state index in [4.69, 9.17) is 4.74 Å². The molecule has 0 spiro atoms. The predicted octanol–water partition coefficient (Wildman–Crippen LogP) is 4.49. The third-order valence-electron chi connectivity index (χ3n) is 5.52. The Morgan fingerprint density at radius 2 is 1.87 bits per heavy atom. The van der Waals surface area contributed by atoms with Crippen molar-refractivity contribution in [2.45, 2.75) is 12.2 Å². The van der Waals surface area contributed by atoms with Gasteiger partial charge in [0.25, 0.3) is 0 Å². The summed E-state index contributed by atoms with van der Waals surface area (Å²) in [6.45, 7) is 0.297. The number of nitrogens with zero attached hydrogens (tertiary/aromatic N) is 3. The first-order chi connectivity index (χ1) is 18.5. The minimum absolute atomic E-state index is 0.0940. The number of rotatable bonds is 7. The molecule has 3 aromatic rings. The number of nitrogens with one attached hydrogen (secondary N) is 2. The zero-order valence-corrected chi connectivity index (χ0v) is 20.8. The van der Waals surface area contributed by atoms with Gasteiger partial charge in [-0.05, 0) is 48.0 Å². The molecule has 1 aromatic heterocycles. The van der Waals surface area contributed by atoms with Crippen LogP contribution in [0.3, 0.4) is 0 Å². The maximum Gasteiger partial charge on any atom is 0.419 e. The highest BCUT2D eigenvalue weighted by Crippen LogP contribution is 2.33. The number of hydrogen-bond acceptors (Lipinski definition) is 6. The van der Waals surface area contributed by atoms with Crippen LogP contribution in [0.5, 0.6) is 11.5 Å². The molecular formula is C27H23F4N5O3. The molecular weight excluding hydrogens is 518 g/mol. The van der Waals surface area contributed by atoms with E-state index >= 15 is 0 Å². The number of pyridine rings is 1. The molecule has 0 aliphatic carbocycles. The van der Waals surface area contributed by atoms with Gasteiger partial charge in [0.05, 0.1) is 12.1 Å². The van der Waals surface area contributed by atoms with E-state index < -0.39 is 29.5 Å². The molecule has 2 N–H and O–H groups in total. The van der Waals surface area contributed by atoms with Gasteiger partial charge >= 0.3 is 6.18 Å². The molecule has 0 fully saturated rings. The zero-order valence-electron chi connectivity index (χ0n) is 20.8. The van der Waals surface area contributed by atoms with Crippen molar-refractivity contribution in [1.29, 1.82) is 0 Å². The third-order valence-corrected chi connectivity index (χ3v) is 5.52. The summed E-state index contributed by atoms with van der Waals surface area (Å²) in [5.74, 6) is -0.830. The van der Waals surface area contributed by atoms with Crippen LogP contribution in [-0.4, -0.2) is 54.2 Å². The van der Waals surface area contributed by atoms with Crippen molar-refractivity contribution in [3.8, 4) is 11.5 Å². The summed E-state index contributed by atoms with van der Waals surface area (Å²) < 4.78 is 58.1. The Bertz CT molecular complexity index is 1450. The standard InChI is InChI=1S/C27H23F4N5O3/c1-36(2)26(38)23-15-33-25(35-23)22-14-19(10-11-32-22)39-18-5-3-4-16(12-18)6-9-24(37)34-17-7-8-21(28)20(13-17)27(29,30)31/h3-14,23H,15H2,1-2H3,(H,33,35)(H,34,37)/b9-6+. The number of benzene rings is 2. The minimum Gasteiger partial charge on any atom is -0.457 e. The van der Waals surface area contributed by atoms with Gasteiger partial charge in [0, 0.05) is 38.1 Å². The summed E-state index contributed by atoms with van der Waals surface area (Å²) in [5.41, 5.74) is -0.573. The second kappa shape index (κ2) is 11.3. The summed E-state index contributed by atoms with van der Waals surface area (Å²) in [6.07, 6.45) is -0.752. The Kier molecular flexibility index (Phi) is 7.93. The van der Waals surface area contributed by atoms with Crippen LogP contribution in [0.1, 0.15) is 16.8 Å². The first-order valence-corrected chi connectivity index (χ1v) is 11.6. The minimum atomic E-state index is -4.88. The van der Waals surface area contributed by atoms with E-state index in [1.807, 2.05) is 0 Å². The van der Waals surface area contributed by atoms with Crippen LogP contribution < -0.4 is 15.4 Å². The van der Waals surface area contributed by atoms with Crippen LogP contribution in [0.4, 0.5) is 23.2 Å². The monoisotopic (exact) mass is 541 g/mol. The lowest BCUT2D eigenvalue weighted by molar-refractivity contribution is -0.140. The highest BCUT2D eigenvalue weighted by molar-refractivity contribution is 6.02. The quantitative estimate of drug-likeness (QED) is 0.340. The van der Waals surface area contributed by atoms with Crippen LogP contribution >= 0.6 is 0 Å². The number of aromatic nitrogens is 1. The fourth-order valence-corrected chi connectivity index (χ4v) is 3.64. The number of amidine groups is 1. The normalized spacial score (nSPS) is 15.0. The predicted molar refractivity (Wildman–Crippen MR) is 137 cm³/mol. The molecule has 0 saturated heterocycles. The van der Waals surface area contributed by atoms with E-state index in [9.17, 15) is 27.2 Å². The molecule has 39 heavy (non-hydrogen) atoms. The first kappa shape index (κ1) is 27.3. The molecule has 0 saturated carbocycles. The van der Waals surface area contributed by atoms with Crippen molar-refractivity contribution in [3.63, 3.8) is 0 Å². The summed E-state index contributed by atoms with van der Waals surface area (Å²) in [4.78, 5) is 34.5. The fraction of sp³-hybridized carbons (Fsp3) is 0.185. The van der Waals surface area contributed by atoms with Crippen molar-refractivity contribution < 1.29 is 31.9 Å². The fourth-order valence-electron chi connectivity index (χ4n) is 3.64. The van der Waals surface area contributed by atoms with Crippen molar-refractivity contribution in [1.82, 2.24) is 15.2 Å². The smallest absolute Gasteiger partial charge is 0.419 e. The summed E-state index contributed by atoms with van der Waals surface area (Å²) in [7, 11) is 3.34. The second-order valence-electron chi connectivity index (χ2n) is 8.69. The van der Waals surface area contributed by atoms with Crippen LogP contribution in [0.15, 0.2) is 71.9 Å². The largest absolute Gasteiger partial charge is 0.457 e. The zero-order chi connectivity index (χ0) is 28.2. The molecule has 0 bridgehead atoms. The van der Waals surface area contributed by atoms with E-state index in [1.165, 1.54) is 11.0 Å². The van der Waals surface area contributed by atoms with E-state index in [1.54, 1.807) is 56.7 Å². The van der Waals surface area contributed by atoms with E-state index in [-0.39, 0.29) is 11.6 Å². The first-order valence-electron chi connectivity index (χ1n) is 11.6. The van der Waals surface area contributed by atoms with Gasteiger partial charge < -0.3 is 20.3 Å². The van der Waals surface area contributed by atoms with Crippen molar-refractivity contribution in [2.75, 3.05) is 26.0 Å². The van der Waals surface area contributed by atoms with Gasteiger partial charge in [0.2, 0.25) is 11.8 Å². The molecule has 1 unspecified atom stereocenters. The number of hydrogen-bond donors (Lipinski definition) is 2. The average Bonchev–Trinajstić information content (AvgIpc) is 3.38. The number of ether oxygens (including phenoxy) is 1. The molecule has 12 heteroatoms. The van der Waals surface area contributed by atoms with Crippen molar-refractivity contribution in [2.24, 2.45) is 4.99 Å². The van der Waals surface area contributed by atoms with Crippen molar-refractivity contribution >= 4 is 29.4 Å². The number of aliphatic imine (C=N–C) groups is 1. The van der Waals surface area contributed by atoms with Gasteiger partial charge in [0.15, 0.2) is 0 Å². The highest BCUT2D eigenvalue weighted by Gasteiger charge is 2.34. The molecule has 1 aliphatic heterocycles. The number of likely N-dealkylation sites (N-methyl/N-ethyl adjacent to an activating group) is 1. The van der Waals surface area contributed by atoms with E-state index in [0.717, 1.165) is 12.1 Å². The number of carbonyl (C=O) groups excluding carboxylic acids is 2. The average molecular weight is 542 g/mol. The highest BCUT2D eigenvalue weighted by atomic mass is 19.4. The molecule has 202 valence electrons. The third kappa shape index (κ3) is 6.98. The van der Waals surface area contributed by atoms with E-state index in [2.05, 4.69) is 20.6 Å². The maximum absolute atomic E-state index is 13.5. The Morgan fingerprint density at radius 3 is 2.62 bits per heavy atom. The van der Waals surface area contributed by atoms with Crippen LogP contribution in [-0.2, 0) is 15.8 Å². The van der Waals surface area contributed by atoms with Crippen molar-refractivity contribution in [3.05, 3.63) is 89.5 Å². The molecule has 1 aliphatic rings. The number of anilines is 1. The molecule has 8 nitrogen and oxygen atoms in total. The number of halogens is 4. The van der Waals surface area contributed by atoms with Gasteiger partial charge in [-0.2, -0.15) is 13.2 Å². The maximum atomic E-state index is 13.5. The van der Waals surface area contributed by atoms with Gasteiger partial charge in [-0.25, -0.2) is 4.39 Å². The Morgan fingerprint density at radius 1 is 1.10 bits per heavy atom. The summed E-state index contributed by atoms with van der Waals surface area (Å²) >= 11 is 0. The number of amides is 2. The van der Waals surface area contributed by atoms with Gasteiger partial charge in [-0.1, -0.05) is 12.1 Å². The summed E-state index contributed by atoms with van der Waals surface area (Å²) in [5, 5.41) is 5.35. The topological polar surface area (TPSA) is 95.9 Å². The lowest BCUT2D eigenvalue weighted by atomic mass is 10.1. The number of alkyl halides is 3. The second-order valence-corrected chi connectivity index (χ2v) is 8.69. The van der Waals surface area contributed by atoms with Gasteiger partial charge in [-0.3, -0.25) is 19.6 Å². The Hall–Kier alpha value is -4.74. The van der Waals surface area contributed by atoms with Crippen LogP contribution in [0.25, 0.3) is 6.08 Å². The van der Waals surface area contributed by atoms with Crippen LogP contribution in [0.2, 0.25) is 0 Å². The molecule has 2 amide bonds. The summed E-state index contributed by atoms with van der Waals surface area (Å²) in [6, 6.07) is 11.8. The number of carbonyl (C=O) groups is 2. The molecule has 0 radical (unpaired) electrons. The lowest BCUT2D eigenvalue weighted by Crippen LogP contribution is -2.44. The van der Waals surface area contributed by atoms with Gasteiger partial charge in [-0.15, -0.1) is 0 Å². The molecule has 2 heterocycles. The van der Waals surface area contributed by atoms with E-state index in [0.29, 0.717) is 47.3 Å². The Labute approximate surface area is 221 Å². The van der Waals surface area contributed by atoms with Crippen LogP contribution in [0, 0.1) is 5.82 Å². The Balaban J connectivity index is 1.40.